The first-order chi connectivity index (χ1) is 9.71. The van der Waals surface area contributed by atoms with E-state index in [1.165, 1.54) is 0 Å². The van der Waals surface area contributed by atoms with E-state index in [-0.39, 0.29) is 0 Å². The van der Waals surface area contributed by atoms with Gasteiger partial charge in [0.05, 0.1) is 11.2 Å². The Morgan fingerprint density at radius 2 is 2.10 bits per heavy atom. The third-order valence-electron chi connectivity index (χ3n) is 2.70. The van der Waals surface area contributed by atoms with Crippen molar-refractivity contribution in [1.82, 2.24) is 15.3 Å². The number of halogens is 1. The quantitative estimate of drug-likeness (QED) is 0.883. The van der Waals surface area contributed by atoms with Crippen LogP contribution in [0.25, 0.3) is 0 Å². The van der Waals surface area contributed by atoms with Crippen LogP contribution < -0.4 is 10.1 Å². The Balaban J connectivity index is 2.25. The smallest absolute Gasteiger partial charge is 0.219 e. The molecule has 2 aromatic rings. The Morgan fingerprint density at radius 3 is 2.80 bits per heavy atom. The summed E-state index contributed by atoms with van der Waals surface area (Å²) in [6.07, 6.45) is 5.18. The van der Waals surface area contributed by atoms with Gasteiger partial charge in [-0.15, -0.1) is 0 Å². The monoisotopic (exact) mass is 291 g/mol. The molecule has 0 unspecified atom stereocenters. The molecule has 0 aromatic carbocycles. The van der Waals surface area contributed by atoms with Crippen molar-refractivity contribution >= 4 is 11.6 Å². The number of pyridine rings is 2. The van der Waals surface area contributed by atoms with E-state index in [9.17, 15) is 0 Å². The van der Waals surface area contributed by atoms with Crippen LogP contribution in [-0.4, -0.2) is 17.0 Å². The highest BCUT2D eigenvalue weighted by Gasteiger charge is 2.05. The fourth-order valence-corrected chi connectivity index (χ4v) is 2.10. The molecule has 0 saturated carbocycles. The predicted octanol–water partition coefficient (Wildman–Crippen LogP) is 3.59. The van der Waals surface area contributed by atoms with Crippen LogP contribution in [0.2, 0.25) is 5.02 Å². The lowest BCUT2D eigenvalue weighted by molar-refractivity contribution is 0.457. The number of ether oxygens (including phenoxy) is 1. The normalized spacial score (nSPS) is 10.6. The fourth-order valence-electron chi connectivity index (χ4n) is 1.93. The molecule has 5 heteroatoms. The Kier molecular flexibility index (Phi) is 5.32. The number of nitrogens with one attached hydrogen (secondary N) is 1. The lowest BCUT2D eigenvalue weighted by Crippen LogP contribution is -2.06. The molecule has 0 spiro atoms. The molecule has 0 aliphatic carbocycles. The van der Waals surface area contributed by atoms with Gasteiger partial charge in [0.25, 0.3) is 0 Å². The molecule has 0 amide bonds. The van der Waals surface area contributed by atoms with E-state index in [4.69, 9.17) is 16.3 Å². The Labute approximate surface area is 124 Å². The highest BCUT2D eigenvalue weighted by atomic mass is 35.5. The molecule has 0 saturated heterocycles. The van der Waals surface area contributed by atoms with E-state index < -0.39 is 0 Å². The zero-order valence-electron chi connectivity index (χ0n) is 11.7. The highest BCUT2D eigenvalue weighted by molar-refractivity contribution is 6.30. The average Bonchev–Trinajstić information content (AvgIpc) is 2.39. The van der Waals surface area contributed by atoms with Crippen LogP contribution in [0.4, 0.5) is 0 Å². The molecular formula is C15H18ClN3O. The van der Waals surface area contributed by atoms with Crippen molar-refractivity contribution in [3.8, 4) is 11.6 Å². The lowest BCUT2D eigenvalue weighted by atomic mass is 10.1. The second kappa shape index (κ2) is 7.22. The number of rotatable bonds is 6. The maximum absolute atomic E-state index is 5.90. The minimum Gasteiger partial charge on any atom is -0.437 e. The molecule has 2 aromatic heterocycles. The molecule has 0 atom stereocenters. The van der Waals surface area contributed by atoms with Crippen molar-refractivity contribution < 1.29 is 4.74 Å². The second-order valence-electron chi connectivity index (χ2n) is 4.53. The first kappa shape index (κ1) is 14.8. The van der Waals surface area contributed by atoms with Gasteiger partial charge in [-0.05, 0) is 25.1 Å². The van der Waals surface area contributed by atoms with Crippen molar-refractivity contribution in [3.63, 3.8) is 0 Å². The summed E-state index contributed by atoms with van der Waals surface area (Å²) in [4.78, 5) is 8.51. The maximum atomic E-state index is 5.90. The molecule has 2 heterocycles. The summed E-state index contributed by atoms with van der Waals surface area (Å²) in [6.45, 7) is 2.91. The number of nitrogens with zero attached hydrogens (tertiary/aromatic N) is 2. The van der Waals surface area contributed by atoms with Crippen LogP contribution in [0.1, 0.15) is 24.6 Å². The summed E-state index contributed by atoms with van der Waals surface area (Å²) >= 11 is 5.90. The van der Waals surface area contributed by atoms with E-state index >= 15 is 0 Å². The minimum atomic E-state index is 0.544. The first-order valence-electron chi connectivity index (χ1n) is 6.64. The molecule has 0 bridgehead atoms. The molecule has 0 aliphatic rings. The molecular weight excluding hydrogens is 274 g/mol. The van der Waals surface area contributed by atoms with E-state index in [0.717, 1.165) is 30.6 Å². The molecule has 0 fully saturated rings. The van der Waals surface area contributed by atoms with Crippen molar-refractivity contribution in [2.45, 2.75) is 26.3 Å². The molecule has 1 N–H and O–H groups in total. The lowest BCUT2D eigenvalue weighted by Gasteiger charge is -2.09. The number of aromatic nitrogens is 2. The fraction of sp³-hybridized carbons (Fsp3) is 0.333. The highest BCUT2D eigenvalue weighted by Crippen LogP contribution is 2.23. The summed E-state index contributed by atoms with van der Waals surface area (Å²) in [5, 5.41) is 3.68. The van der Waals surface area contributed by atoms with Gasteiger partial charge in [-0.3, -0.25) is 4.98 Å². The van der Waals surface area contributed by atoms with Gasteiger partial charge >= 0.3 is 0 Å². The molecule has 0 radical (unpaired) electrons. The van der Waals surface area contributed by atoms with Crippen LogP contribution in [0, 0.1) is 0 Å². The van der Waals surface area contributed by atoms with Gasteiger partial charge in [0.1, 0.15) is 5.75 Å². The topological polar surface area (TPSA) is 47.0 Å². The van der Waals surface area contributed by atoms with Crippen LogP contribution >= 0.6 is 11.6 Å². The largest absolute Gasteiger partial charge is 0.437 e. The Morgan fingerprint density at radius 1 is 1.25 bits per heavy atom. The second-order valence-corrected chi connectivity index (χ2v) is 4.96. The summed E-state index contributed by atoms with van der Waals surface area (Å²) in [6, 6.07) is 5.75. The Bertz CT molecular complexity index is 551. The van der Waals surface area contributed by atoms with Gasteiger partial charge < -0.3 is 10.1 Å². The minimum absolute atomic E-state index is 0.544. The summed E-state index contributed by atoms with van der Waals surface area (Å²) in [5.74, 6) is 1.17. The van der Waals surface area contributed by atoms with Crippen LogP contribution in [0.5, 0.6) is 11.6 Å². The van der Waals surface area contributed by atoms with Crippen LogP contribution in [0.15, 0.2) is 30.6 Å². The molecule has 4 nitrogen and oxygen atoms in total. The van der Waals surface area contributed by atoms with Crippen molar-refractivity contribution in [2.75, 3.05) is 7.05 Å². The number of aryl methyl sites for hydroxylation is 1. The molecule has 2 rings (SSSR count). The number of hydrogen-bond donors (Lipinski definition) is 1. The summed E-state index contributed by atoms with van der Waals surface area (Å²) < 4.78 is 5.75. The van der Waals surface area contributed by atoms with Gasteiger partial charge in [0.15, 0.2) is 0 Å². The zero-order chi connectivity index (χ0) is 14.4. The summed E-state index contributed by atoms with van der Waals surface area (Å²) in [7, 11) is 1.92. The average molecular weight is 292 g/mol. The SMILES string of the molecule is CCCc1cc(CNC)cc(Oc2cncc(Cl)c2)n1. The Hall–Kier alpha value is -1.65. The summed E-state index contributed by atoms with van der Waals surface area (Å²) in [5.41, 5.74) is 2.18. The van der Waals surface area contributed by atoms with Crippen LogP contribution in [-0.2, 0) is 13.0 Å². The van der Waals surface area contributed by atoms with Gasteiger partial charge in [-0.25, -0.2) is 4.98 Å². The third-order valence-corrected chi connectivity index (χ3v) is 2.91. The van der Waals surface area contributed by atoms with Gasteiger partial charge in [-0.1, -0.05) is 24.9 Å². The molecule has 0 aliphatic heterocycles. The third kappa shape index (κ3) is 4.18. The van der Waals surface area contributed by atoms with Crippen LogP contribution in [0.3, 0.4) is 0 Å². The van der Waals surface area contributed by atoms with E-state index in [1.54, 1.807) is 18.5 Å². The molecule has 20 heavy (non-hydrogen) atoms. The predicted molar refractivity (Wildman–Crippen MR) is 80.3 cm³/mol. The van der Waals surface area contributed by atoms with E-state index in [2.05, 4.69) is 28.3 Å². The van der Waals surface area contributed by atoms with E-state index in [0.29, 0.717) is 16.7 Å². The van der Waals surface area contributed by atoms with E-state index in [1.807, 2.05) is 13.1 Å². The first-order valence-corrected chi connectivity index (χ1v) is 7.02. The standard InChI is InChI=1S/C15H18ClN3O/c1-3-4-13-5-11(8-17-2)6-15(19-13)20-14-7-12(16)9-18-10-14/h5-7,9-10,17H,3-4,8H2,1-2H3. The van der Waals surface area contributed by atoms with Gasteiger partial charge in [0, 0.05) is 30.6 Å². The zero-order valence-corrected chi connectivity index (χ0v) is 12.4. The number of hydrogen-bond acceptors (Lipinski definition) is 4. The molecule has 106 valence electrons. The van der Waals surface area contributed by atoms with Crippen molar-refractivity contribution in [2.24, 2.45) is 0 Å². The maximum Gasteiger partial charge on any atom is 0.219 e. The van der Waals surface area contributed by atoms with Crippen molar-refractivity contribution in [1.29, 1.82) is 0 Å². The van der Waals surface area contributed by atoms with Gasteiger partial charge in [-0.2, -0.15) is 0 Å². The van der Waals surface area contributed by atoms with Gasteiger partial charge in [0.2, 0.25) is 5.88 Å². The van der Waals surface area contributed by atoms with Crippen molar-refractivity contribution in [3.05, 3.63) is 46.9 Å².